The van der Waals surface area contributed by atoms with Crippen molar-refractivity contribution in [1.82, 2.24) is 24.4 Å². The number of hydrogen-bond donors (Lipinski definition) is 0. The quantitative estimate of drug-likeness (QED) is 0.385. The summed E-state index contributed by atoms with van der Waals surface area (Å²) in [6, 6.07) is 17.1. The zero-order valence-corrected chi connectivity index (χ0v) is 20.3. The van der Waals surface area contributed by atoms with Gasteiger partial charge in [-0.3, -0.25) is 9.59 Å². The second-order valence-electron chi connectivity index (χ2n) is 8.78. The van der Waals surface area contributed by atoms with Crippen molar-refractivity contribution in [2.45, 2.75) is 19.3 Å². The van der Waals surface area contributed by atoms with Gasteiger partial charge in [-0.05, 0) is 29.8 Å². The number of nitrogens with zero attached hydrogens (tertiary/aromatic N) is 5. The predicted molar refractivity (Wildman–Crippen MR) is 132 cm³/mol. The molecule has 1 aliphatic rings. The van der Waals surface area contributed by atoms with Gasteiger partial charge in [-0.25, -0.2) is 13.9 Å². The highest BCUT2D eigenvalue weighted by molar-refractivity contribution is 5.96. The van der Waals surface area contributed by atoms with Gasteiger partial charge >= 0.3 is 0 Å². The zero-order valence-electron chi connectivity index (χ0n) is 20.3. The van der Waals surface area contributed by atoms with E-state index in [2.05, 4.69) is 10.1 Å². The summed E-state index contributed by atoms with van der Waals surface area (Å²) in [6.45, 7) is 0.621. The third kappa shape index (κ3) is 5.59. The van der Waals surface area contributed by atoms with Crippen LogP contribution in [0.5, 0.6) is 5.75 Å². The Kier molecular flexibility index (Phi) is 7.09. The van der Waals surface area contributed by atoms with Gasteiger partial charge in [0.1, 0.15) is 18.1 Å². The molecule has 9 nitrogen and oxygen atoms in total. The molecule has 2 amide bonds. The van der Waals surface area contributed by atoms with Crippen LogP contribution in [0.1, 0.15) is 21.6 Å². The number of aromatic nitrogens is 3. The van der Waals surface area contributed by atoms with E-state index in [4.69, 9.17) is 9.47 Å². The number of hydrogen-bond acceptors (Lipinski definition) is 6. The number of carbonyl (C=O) groups is 2. The van der Waals surface area contributed by atoms with E-state index in [0.29, 0.717) is 17.8 Å². The van der Waals surface area contributed by atoms with E-state index in [1.165, 1.54) is 15.5 Å². The number of carbonyl (C=O) groups excluding carboxylic acids is 2. The number of methoxy groups -OCH3 is 1. The minimum Gasteiger partial charge on any atom is -0.497 e. The van der Waals surface area contributed by atoms with Gasteiger partial charge in [0.05, 0.1) is 19.8 Å². The molecular weight excluding hydrogens is 477 g/mol. The first kappa shape index (κ1) is 24.4. The van der Waals surface area contributed by atoms with Crippen LogP contribution in [0.3, 0.4) is 0 Å². The van der Waals surface area contributed by atoms with Crippen molar-refractivity contribution < 1.29 is 23.5 Å². The van der Waals surface area contributed by atoms with Crippen LogP contribution in [-0.4, -0.2) is 69.1 Å². The van der Waals surface area contributed by atoms with Gasteiger partial charge in [0.25, 0.3) is 5.91 Å². The van der Waals surface area contributed by atoms with E-state index in [9.17, 15) is 14.0 Å². The van der Waals surface area contributed by atoms with Crippen molar-refractivity contribution in [3.8, 4) is 5.75 Å². The first-order valence-corrected chi connectivity index (χ1v) is 11.9. The third-order valence-electron chi connectivity index (χ3n) is 6.23. The minimum absolute atomic E-state index is 0.0161. The van der Waals surface area contributed by atoms with Crippen LogP contribution in [0, 0.1) is 5.82 Å². The van der Waals surface area contributed by atoms with E-state index in [-0.39, 0.29) is 43.7 Å². The highest BCUT2D eigenvalue weighted by Crippen LogP contribution is 2.19. The molecule has 190 valence electrons. The van der Waals surface area contributed by atoms with Gasteiger partial charge in [0.2, 0.25) is 5.91 Å². The van der Waals surface area contributed by atoms with Gasteiger partial charge in [0.15, 0.2) is 11.3 Å². The molecule has 0 aliphatic carbocycles. The molecule has 0 saturated carbocycles. The smallest absolute Gasteiger partial charge is 0.275 e. The summed E-state index contributed by atoms with van der Waals surface area (Å²) in [5.74, 6) is -0.268. The Morgan fingerprint density at radius 1 is 1.11 bits per heavy atom. The maximum Gasteiger partial charge on any atom is 0.275 e. The summed E-state index contributed by atoms with van der Waals surface area (Å²) in [5.41, 5.74) is 2.03. The second-order valence-corrected chi connectivity index (χ2v) is 8.78. The predicted octanol–water partition coefficient (Wildman–Crippen LogP) is 2.95. The Balaban J connectivity index is 1.38. The van der Waals surface area contributed by atoms with Crippen LogP contribution < -0.4 is 4.74 Å². The highest BCUT2D eigenvalue weighted by atomic mass is 19.1. The van der Waals surface area contributed by atoms with Gasteiger partial charge in [-0.15, -0.1) is 0 Å². The number of amides is 2. The summed E-state index contributed by atoms with van der Waals surface area (Å²) in [7, 11) is 1.59. The molecule has 1 aliphatic heterocycles. The van der Waals surface area contributed by atoms with Crippen molar-refractivity contribution in [2.75, 3.05) is 26.7 Å². The average molecular weight is 504 g/mol. The fraction of sp³-hybridized carbons (Fsp3) is 0.259. The lowest BCUT2D eigenvalue weighted by Crippen LogP contribution is -2.39. The van der Waals surface area contributed by atoms with E-state index in [1.54, 1.807) is 54.7 Å². The number of benzene rings is 2. The summed E-state index contributed by atoms with van der Waals surface area (Å²) in [4.78, 5) is 34.0. The fourth-order valence-corrected chi connectivity index (χ4v) is 4.26. The maximum absolute atomic E-state index is 14.2. The van der Waals surface area contributed by atoms with Crippen LogP contribution in [0.25, 0.3) is 5.65 Å². The number of rotatable bonds is 7. The zero-order chi connectivity index (χ0) is 25.8. The lowest BCUT2D eigenvalue weighted by molar-refractivity contribution is -0.132. The lowest BCUT2D eigenvalue weighted by Gasteiger charge is -2.25. The fourth-order valence-electron chi connectivity index (χ4n) is 4.26. The van der Waals surface area contributed by atoms with E-state index in [0.717, 1.165) is 11.3 Å². The molecule has 4 aromatic rings. The monoisotopic (exact) mass is 503 g/mol. The van der Waals surface area contributed by atoms with Crippen molar-refractivity contribution in [3.63, 3.8) is 0 Å². The summed E-state index contributed by atoms with van der Waals surface area (Å²) in [6.07, 6.45) is 2.77. The first-order valence-electron chi connectivity index (χ1n) is 11.9. The number of fused-ring (bicyclic) bond motifs is 1. The standard InChI is InChI=1S/C27H26FN5O4/c1-36-21-9-7-19(8-10-21)14-31-15-22(37-18-20-5-2-3-6-23(20)28)16-32(17-26(31)34)27(35)24-13-25-29-11-4-12-33(25)30-24/h2-13,22H,14-18H2,1H3. The topological polar surface area (TPSA) is 89.3 Å². The molecule has 37 heavy (non-hydrogen) atoms. The summed E-state index contributed by atoms with van der Waals surface area (Å²) in [5, 5.41) is 4.31. The molecule has 0 spiro atoms. The van der Waals surface area contributed by atoms with Crippen molar-refractivity contribution >= 4 is 17.5 Å². The Labute approximate surface area is 213 Å². The Morgan fingerprint density at radius 3 is 2.68 bits per heavy atom. The Hall–Kier alpha value is -4.31. The molecule has 1 unspecified atom stereocenters. The van der Waals surface area contributed by atoms with Gasteiger partial charge in [-0.2, -0.15) is 5.10 Å². The summed E-state index contributed by atoms with van der Waals surface area (Å²) < 4.78 is 27.0. The number of halogens is 1. The molecule has 0 N–H and O–H groups in total. The molecule has 0 radical (unpaired) electrons. The lowest BCUT2D eigenvalue weighted by atomic mass is 10.2. The summed E-state index contributed by atoms with van der Waals surface area (Å²) >= 11 is 0. The van der Waals surface area contributed by atoms with Crippen LogP contribution in [0.15, 0.2) is 73.1 Å². The van der Waals surface area contributed by atoms with E-state index in [1.807, 2.05) is 24.3 Å². The van der Waals surface area contributed by atoms with Gasteiger partial charge in [-0.1, -0.05) is 30.3 Å². The molecule has 2 aromatic carbocycles. The highest BCUT2D eigenvalue weighted by Gasteiger charge is 2.32. The first-order chi connectivity index (χ1) is 18.0. The van der Waals surface area contributed by atoms with Gasteiger partial charge in [0, 0.05) is 43.7 Å². The third-order valence-corrected chi connectivity index (χ3v) is 6.23. The second kappa shape index (κ2) is 10.8. The molecule has 1 atom stereocenters. The molecule has 1 saturated heterocycles. The molecule has 5 rings (SSSR count). The molecular formula is C27H26FN5O4. The average Bonchev–Trinajstić information content (AvgIpc) is 3.29. The van der Waals surface area contributed by atoms with Crippen molar-refractivity contribution in [1.29, 1.82) is 0 Å². The Bertz CT molecular complexity index is 1370. The molecule has 10 heteroatoms. The van der Waals surface area contributed by atoms with Crippen molar-refractivity contribution in [2.24, 2.45) is 0 Å². The van der Waals surface area contributed by atoms with Crippen molar-refractivity contribution in [3.05, 3.63) is 95.7 Å². The molecule has 2 aromatic heterocycles. The number of ether oxygens (including phenoxy) is 2. The minimum atomic E-state index is -0.539. The molecule has 3 heterocycles. The van der Waals surface area contributed by atoms with E-state index >= 15 is 0 Å². The van der Waals surface area contributed by atoms with Crippen LogP contribution in [-0.2, 0) is 22.7 Å². The van der Waals surface area contributed by atoms with Crippen LogP contribution in [0.2, 0.25) is 0 Å². The molecule has 1 fully saturated rings. The van der Waals surface area contributed by atoms with Crippen LogP contribution in [0.4, 0.5) is 4.39 Å². The van der Waals surface area contributed by atoms with Crippen LogP contribution >= 0.6 is 0 Å². The largest absolute Gasteiger partial charge is 0.497 e. The van der Waals surface area contributed by atoms with Gasteiger partial charge < -0.3 is 19.3 Å². The SMILES string of the molecule is COc1ccc(CN2CC(OCc3ccccc3F)CN(C(=O)c3cc4ncccn4n3)CC2=O)cc1. The Morgan fingerprint density at radius 2 is 1.92 bits per heavy atom. The maximum atomic E-state index is 14.2. The molecule has 0 bridgehead atoms. The normalized spacial score (nSPS) is 16.2. The van der Waals surface area contributed by atoms with E-state index < -0.39 is 12.0 Å².